The number of thiazole rings is 1. The zero-order valence-electron chi connectivity index (χ0n) is 13.0. The first kappa shape index (κ1) is 14.6. The van der Waals surface area contributed by atoms with Gasteiger partial charge in [-0.15, -0.1) is 11.3 Å². The standard InChI is InChI=1S/C16H23N3O2S/c1-11-17-15(10-22-11)8-18-4-13-6-19(7-14(13)5-18)16(20)12-2-3-21-9-12/h10,12-14H,2-9H2,1H3/t12-,13-,14+/m0/s1. The van der Waals surface area contributed by atoms with Gasteiger partial charge in [-0.1, -0.05) is 0 Å². The summed E-state index contributed by atoms with van der Waals surface area (Å²) >= 11 is 1.72. The topological polar surface area (TPSA) is 45.7 Å². The van der Waals surface area contributed by atoms with Gasteiger partial charge < -0.3 is 9.64 Å². The van der Waals surface area contributed by atoms with Gasteiger partial charge in [0.05, 0.1) is 23.2 Å². The van der Waals surface area contributed by atoms with Crippen molar-refractivity contribution in [2.24, 2.45) is 17.8 Å². The van der Waals surface area contributed by atoms with Crippen LogP contribution in [0.3, 0.4) is 0 Å². The molecule has 1 aromatic heterocycles. The minimum atomic E-state index is 0.118. The maximum atomic E-state index is 12.5. The van der Waals surface area contributed by atoms with Crippen molar-refractivity contribution in [3.63, 3.8) is 0 Å². The van der Waals surface area contributed by atoms with Gasteiger partial charge in [-0.25, -0.2) is 4.98 Å². The highest BCUT2D eigenvalue weighted by Gasteiger charge is 2.43. The monoisotopic (exact) mass is 321 g/mol. The molecule has 1 amide bonds. The number of fused-ring (bicyclic) bond motifs is 1. The summed E-state index contributed by atoms with van der Waals surface area (Å²) in [5, 5.41) is 3.31. The Morgan fingerprint density at radius 1 is 1.36 bits per heavy atom. The Labute approximate surface area is 135 Å². The molecule has 0 radical (unpaired) electrons. The Hall–Kier alpha value is -0.980. The Morgan fingerprint density at radius 2 is 2.14 bits per heavy atom. The van der Waals surface area contributed by atoms with E-state index in [9.17, 15) is 4.79 Å². The third-order valence-electron chi connectivity index (χ3n) is 5.20. The Bertz CT molecular complexity index is 541. The van der Waals surface area contributed by atoms with Crippen LogP contribution in [0, 0.1) is 24.7 Å². The number of ether oxygens (including phenoxy) is 1. The smallest absolute Gasteiger partial charge is 0.228 e. The second kappa shape index (κ2) is 5.91. The minimum absolute atomic E-state index is 0.118. The summed E-state index contributed by atoms with van der Waals surface area (Å²) < 4.78 is 5.36. The number of nitrogens with zero attached hydrogens (tertiary/aromatic N) is 3. The molecular formula is C16H23N3O2S. The van der Waals surface area contributed by atoms with Gasteiger partial charge in [-0.3, -0.25) is 9.69 Å². The summed E-state index contributed by atoms with van der Waals surface area (Å²) in [6.45, 7) is 8.47. The van der Waals surface area contributed by atoms with E-state index in [1.165, 1.54) is 5.69 Å². The summed E-state index contributed by atoms with van der Waals surface area (Å²) in [5.41, 5.74) is 1.19. The number of carbonyl (C=O) groups excluding carboxylic acids is 1. The van der Waals surface area contributed by atoms with Crippen LogP contribution in [0.2, 0.25) is 0 Å². The van der Waals surface area contributed by atoms with Crippen LogP contribution in [0.15, 0.2) is 5.38 Å². The number of hydrogen-bond acceptors (Lipinski definition) is 5. The van der Waals surface area contributed by atoms with E-state index in [-0.39, 0.29) is 5.92 Å². The predicted molar refractivity (Wildman–Crippen MR) is 84.6 cm³/mol. The zero-order chi connectivity index (χ0) is 15.1. The molecule has 0 unspecified atom stereocenters. The lowest BCUT2D eigenvalue weighted by molar-refractivity contribution is -0.134. The molecule has 3 aliphatic rings. The number of aromatic nitrogens is 1. The third-order valence-corrected chi connectivity index (χ3v) is 6.03. The molecule has 4 heterocycles. The normalized spacial score (nSPS) is 31.9. The van der Waals surface area contributed by atoms with Crippen molar-refractivity contribution < 1.29 is 9.53 Å². The molecular weight excluding hydrogens is 298 g/mol. The van der Waals surface area contributed by atoms with Crippen LogP contribution in [0.25, 0.3) is 0 Å². The van der Waals surface area contributed by atoms with Crippen molar-refractivity contribution in [3.8, 4) is 0 Å². The van der Waals surface area contributed by atoms with Crippen LogP contribution in [0.5, 0.6) is 0 Å². The molecule has 0 bridgehead atoms. The van der Waals surface area contributed by atoms with Gasteiger partial charge in [0, 0.05) is 44.7 Å². The Kier molecular flexibility index (Phi) is 3.92. The fourth-order valence-corrected chi connectivity index (χ4v) is 4.70. The van der Waals surface area contributed by atoms with E-state index >= 15 is 0 Å². The first-order valence-electron chi connectivity index (χ1n) is 8.19. The minimum Gasteiger partial charge on any atom is -0.381 e. The highest BCUT2D eigenvalue weighted by molar-refractivity contribution is 7.09. The molecule has 3 saturated heterocycles. The van der Waals surface area contributed by atoms with Crippen molar-refractivity contribution in [2.75, 3.05) is 39.4 Å². The summed E-state index contributed by atoms with van der Waals surface area (Å²) in [5.74, 6) is 1.73. The Morgan fingerprint density at radius 3 is 2.73 bits per heavy atom. The molecule has 3 atom stereocenters. The van der Waals surface area contributed by atoms with Gasteiger partial charge in [0.25, 0.3) is 0 Å². The highest BCUT2D eigenvalue weighted by atomic mass is 32.1. The summed E-state index contributed by atoms with van der Waals surface area (Å²) in [7, 11) is 0. The van der Waals surface area contributed by atoms with Gasteiger partial charge >= 0.3 is 0 Å². The molecule has 0 N–H and O–H groups in total. The third kappa shape index (κ3) is 2.79. The molecule has 0 saturated carbocycles. The van der Waals surface area contributed by atoms with Gasteiger partial charge in [0.1, 0.15) is 0 Å². The molecule has 4 rings (SSSR count). The molecule has 6 heteroatoms. The van der Waals surface area contributed by atoms with Gasteiger partial charge in [-0.05, 0) is 25.2 Å². The number of hydrogen-bond donors (Lipinski definition) is 0. The molecule has 0 aliphatic carbocycles. The number of rotatable bonds is 3. The van der Waals surface area contributed by atoms with Crippen LogP contribution in [-0.2, 0) is 16.1 Å². The summed E-state index contributed by atoms with van der Waals surface area (Å²) in [6, 6.07) is 0. The predicted octanol–water partition coefficient (Wildman–Crippen LogP) is 1.38. The highest BCUT2D eigenvalue weighted by Crippen LogP contribution is 2.33. The second-order valence-corrected chi connectivity index (χ2v) is 7.94. The van der Waals surface area contributed by atoms with E-state index in [1.807, 2.05) is 0 Å². The fraction of sp³-hybridized carbons (Fsp3) is 0.750. The van der Waals surface area contributed by atoms with Gasteiger partial charge in [0.15, 0.2) is 0 Å². The molecule has 22 heavy (non-hydrogen) atoms. The lowest BCUT2D eigenvalue weighted by Gasteiger charge is -2.23. The number of carbonyl (C=O) groups is 1. The molecule has 1 aromatic rings. The largest absolute Gasteiger partial charge is 0.381 e. The van der Waals surface area contributed by atoms with E-state index in [4.69, 9.17) is 4.74 Å². The van der Waals surface area contributed by atoms with Gasteiger partial charge in [-0.2, -0.15) is 0 Å². The van der Waals surface area contributed by atoms with E-state index < -0.39 is 0 Å². The van der Waals surface area contributed by atoms with Crippen molar-refractivity contribution in [2.45, 2.75) is 19.9 Å². The second-order valence-electron chi connectivity index (χ2n) is 6.88. The van der Waals surface area contributed by atoms with Crippen molar-refractivity contribution >= 4 is 17.2 Å². The number of amides is 1. The van der Waals surface area contributed by atoms with Crippen LogP contribution in [0.4, 0.5) is 0 Å². The summed E-state index contributed by atoms with van der Waals surface area (Å²) in [6.07, 6.45) is 0.903. The van der Waals surface area contributed by atoms with E-state index in [2.05, 4.69) is 27.1 Å². The van der Waals surface area contributed by atoms with E-state index in [0.29, 0.717) is 24.3 Å². The first-order valence-corrected chi connectivity index (χ1v) is 9.07. The van der Waals surface area contributed by atoms with Crippen molar-refractivity contribution in [3.05, 3.63) is 16.1 Å². The van der Waals surface area contributed by atoms with Crippen LogP contribution < -0.4 is 0 Å². The average molecular weight is 321 g/mol. The summed E-state index contributed by atoms with van der Waals surface area (Å²) in [4.78, 5) is 21.6. The SMILES string of the molecule is Cc1nc(CN2C[C@@H]3CN(C(=O)[C@H]4CCOC4)C[C@@H]3C2)cs1. The quantitative estimate of drug-likeness (QED) is 0.844. The van der Waals surface area contributed by atoms with E-state index in [0.717, 1.165) is 50.8 Å². The molecule has 5 nitrogen and oxygen atoms in total. The molecule has 120 valence electrons. The zero-order valence-corrected chi connectivity index (χ0v) is 13.8. The maximum absolute atomic E-state index is 12.5. The van der Waals surface area contributed by atoms with Crippen molar-refractivity contribution in [1.82, 2.24) is 14.8 Å². The number of likely N-dealkylation sites (tertiary alicyclic amines) is 2. The van der Waals surface area contributed by atoms with E-state index in [1.54, 1.807) is 11.3 Å². The van der Waals surface area contributed by atoms with Crippen LogP contribution >= 0.6 is 11.3 Å². The average Bonchev–Trinajstić information content (AvgIpc) is 3.21. The van der Waals surface area contributed by atoms with Gasteiger partial charge in [0.2, 0.25) is 5.91 Å². The Balaban J connectivity index is 1.31. The lowest BCUT2D eigenvalue weighted by atomic mass is 10.0. The van der Waals surface area contributed by atoms with Crippen LogP contribution in [-0.4, -0.2) is 60.1 Å². The fourth-order valence-electron chi connectivity index (χ4n) is 4.10. The molecule has 0 spiro atoms. The molecule has 3 aliphatic heterocycles. The maximum Gasteiger partial charge on any atom is 0.228 e. The van der Waals surface area contributed by atoms with Crippen molar-refractivity contribution in [1.29, 1.82) is 0 Å². The lowest BCUT2D eigenvalue weighted by Crippen LogP contribution is -2.37. The number of aryl methyl sites for hydroxylation is 1. The molecule has 3 fully saturated rings. The first-order chi connectivity index (χ1) is 10.7. The molecule has 0 aromatic carbocycles. The van der Waals surface area contributed by atoms with Crippen LogP contribution in [0.1, 0.15) is 17.1 Å².